The topological polar surface area (TPSA) is 120 Å². The average molecular weight is 479 g/mol. The van der Waals surface area contributed by atoms with Crippen LogP contribution in [0.2, 0.25) is 0 Å². The van der Waals surface area contributed by atoms with E-state index in [0.717, 1.165) is 11.1 Å². The number of nitrogens with two attached hydrogens (primary N) is 2. The van der Waals surface area contributed by atoms with Crippen molar-refractivity contribution in [3.05, 3.63) is 108 Å². The van der Waals surface area contributed by atoms with E-state index in [2.05, 4.69) is 0 Å². The molecule has 0 amide bonds. The lowest BCUT2D eigenvalue weighted by molar-refractivity contribution is 0.594. The van der Waals surface area contributed by atoms with Gasteiger partial charge >= 0.3 is 0 Å². The first-order valence-corrected chi connectivity index (χ1v) is 13.0. The second-order valence-corrected chi connectivity index (χ2v) is 11.5. The summed E-state index contributed by atoms with van der Waals surface area (Å²) in [6.45, 7) is 0. The van der Waals surface area contributed by atoms with Gasteiger partial charge in [0.2, 0.25) is 19.7 Å². The Balaban J connectivity index is 1.51. The monoisotopic (exact) mass is 478 g/mol. The third-order valence-electron chi connectivity index (χ3n) is 5.26. The Kier molecular flexibility index (Phi) is 5.97. The van der Waals surface area contributed by atoms with Crippen LogP contribution in [0.5, 0.6) is 0 Å². The van der Waals surface area contributed by atoms with Crippen molar-refractivity contribution in [3.8, 4) is 0 Å². The van der Waals surface area contributed by atoms with Gasteiger partial charge in [0.05, 0.1) is 19.6 Å². The van der Waals surface area contributed by atoms with Gasteiger partial charge in [-0.3, -0.25) is 0 Å². The number of anilines is 2. The normalized spacial score (nSPS) is 11.9. The lowest BCUT2D eigenvalue weighted by Gasteiger charge is -2.08. The molecular formula is C25H22N2O4S2. The second kappa shape index (κ2) is 8.73. The summed E-state index contributed by atoms with van der Waals surface area (Å²) in [5, 5.41) is 0. The summed E-state index contributed by atoms with van der Waals surface area (Å²) in [7, 11) is -7.25. The Morgan fingerprint density at radius 1 is 0.424 bits per heavy atom. The molecule has 0 aliphatic carbocycles. The van der Waals surface area contributed by atoms with Crippen LogP contribution >= 0.6 is 0 Å². The van der Waals surface area contributed by atoms with E-state index in [1.807, 2.05) is 0 Å². The molecule has 4 N–H and O–H groups in total. The van der Waals surface area contributed by atoms with Crippen molar-refractivity contribution in [2.45, 2.75) is 26.0 Å². The first-order valence-electron chi connectivity index (χ1n) is 10.1. The molecule has 0 aliphatic rings. The molecule has 0 unspecified atom stereocenters. The molecule has 33 heavy (non-hydrogen) atoms. The van der Waals surface area contributed by atoms with Gasteiger partial charge in [-0.1, -0.05) is 24.3 Å². The van der Waals surface area contributed by atoms with Gasteiger partial charge in [0.25, 0.3) is 0 Å². The molecule has 0 saturated carbocycles. The van der Waals surface area contributed by atoms with Crippen LogP contribution < -0.4 is 11.5 Å². The number of sulfone groups is 2. The summed E-state index contributed by atoms with van der Waals surface area (Å²) in [5.41, 5.74) is 14.1. The minimum atomic E-state index is -3.63. The molecule has 0 radical (unpaired) electrons. The van der Waals surface area contributed by atoms with E-state index in [4.69, 9.17) is 11.5 Å². The van der Waals surface area contributed by atoms with Crippen LogP contribution in [0.25, 0.3) is 0 Å². The molecular weight excluding hydrogens is 456 g/mol. The zero-order chi connectivity index (χ0) is 23.6. The van der Waals surface area contributed by atoms with Gasteiger partial charge < -0.3 is 11.5 Å². The van der Waals surface area contributed by atoms with Crippen molar-refractivity contribution in [1.29, 1.82) is 0 Å². The largest absolute Gasteiger partial charge is 0.399 e. The van der Waals surface area contributed by atoms with Crippen molar-refractivity contribution in [2.75, 3.05) is 11.5 Å². The summed E-state index contributed by atoms with van der Waals surface area (Å²) in [6.07, 6.45) is 0.532. The highest BCUT2D eigenvalue weighted by Gasteiger charge is 2.18. The fraction of sp³-hybridized carbons (Fsp3) is 0.0400. The average Bonchev–Trinajstić information content (AvgIpc) is 2.80. The molecule has 0 atom stereocenters. The quantitative estimate of drug-likeness (QED) is 0.403. The SMILES string of the molecule is Nc1ccc(S(=O)(=O)c2ccc(Cc3ccc(S(=O)(=O)c4ccc(N)cc4)cc3)cc2)cc1. The lowest BCUT2D eigenvalue weighted by atomic mass is 10.1. The van der Waals surface area contributed by atoms with Crippen LogP contribution in [0.1, 0.15) is 11.1 Å². The maximum Gasteiger partial charge on any atom is 0.206 e. The molecule has 4 rings (SSSR count). The van der Waals surface area contributed by atoms with E-state index in [-0.39, 0.29) is 19.6 Å². The number of rotatable bonds is 6. The standard InChI is InChI=1S/C25H22N2O4S2/c26-20-5-13-24(14-6-20)32(28,29)22-9-1-18(2-10-22)17-19-3-11-23(12-4-19)33(30,31)25-15-7-21(27)8-16-25/h1-16H,17,26-27H2. The second-order valence-electron chi connectivity index (χ2n) is 7.61. The highest BCUT2D eigenvalue weighted by Crippen LogP contribution is 2.25. The summed E-state index contributed by atoms with van der Waals surface area (Å²) >= 11 is 0. The first-order chi connectivity index (χ1) is 15.7. The van der Waals surface area contributed by atoms with Gasteiger partial charge in [0, 0.05) is 11.4 Å². The first kappa shape index (κ1) is 22.6. The van der Waals surface area contributed by atoms with E-state index < -0.39 is 19.7 Å². The molecule has 8 heteroatoms. The van der Waals surface area contributed by atoms with E-state index in [1.54, 1.807) is 72.8 Å². The number of hydrogen-bond acceptors (Lipinski definition) is 6. The Labute approximate surface area is 193 Å². The van der Waals surface area contributed by atoms with Crippen molar-refractivity contribution >= 4 is 31.0 Å². The van der Waals surface area contributed by atoms with Gasteiger partial charge in [-0.05, 0) is 90.3 Å². The van der Waals surface area contributed by atoms with E-state index >= 15 is 0 Å². The van der Waals surface area contributed by atoms with Crippen molar-refractivity contribution in [2.24, 2.45) is 0 Å². The van der Waals surface area contributed by atoms with E-state index in [9.17, 15) is 16.8 Å². The molecule has 4 aromatic rings. The predicted molar refractivity (Wildman–Crippen MR) is 128 cm³/mol. The molecule has 4 aromatic carbocycles. The fourth-order valence-electron chi connectivity index (χ4n) is 3.37. The van der Waals surface area contributed by atoms with Crippen LogP contribution in [0.3, 0.4) is 0 Å². The van der Waals surface area contributed by atoms with Gasteiger partial charge in [-0.15, -0.1) is 0 Å². The van der Waals surface area contributed by atoms with Gasteiger partial charge in [-0.2, -0.15) is 0 Å². The summed E-state index contributed by atoms with van der Waals surface area (Å²) in [4.78, 5) is 0.756. The molecule has 0 heterocycles. The van der Waals surface area contributed by atoms with Gasteiger partial charge in [0.1, 0.15) is 0 Å². The summed E-state index contributed by atoms with van der Waals surface area (Å²) < 4.78 is 51.1. The third-order valence-corrected chi connectivity index (χ3v) is 8.83. The van der Waals surface area contributed by atoms with E-state index in [0.29, 0.717) is 17.8 Å². The smallest absolute Gasteiger partial charge is 0.206 e. The number of hydrogen-bond donors (Lipinski definition) is 2. The Morgan fingerprint density at radius 2 is 0.667 bits per heavy atom. The fourth-order valence-corrected chi connectivity index (χ4v) is 5.90. The van der Waals surface area contributed by atoms with Crippen LogP contribution in [0.4, 0.5) is 11.4 Å². The maximum atomic E-state index is 12.8. The van der Waals surface area contributed by atoms with E-state index in [1.165, 1.54) is 24.3 Å². The molecule has 0 bridgehead atoms. The summed E-state index contributed by atoms with van der Waals surface area (Å²) in [5.74, 6) is 0. The minimum Gasteiger partial charge on any atom is -0.399 e. The Hall–Kier alpha value is -3.62. The molecule has 0 fully saturated rings. The maximum absolute atomic E-state index is 12.8. The predicted octanol–water partition coefficient (Wildman–Crippen LogP) is 4.11. The van der Waals surface area contributed by atoms with Crippen LogP contribution in [0.15, 0.2) is 117 Å². The molecule has 0 spiro atoms. The van der Waals surface area contributed by atoms with Crippen molar-refractivity contribution in [3.63, 3.8) is 0 Å². The zero-order valence-corrected chi connectivity index (χ0v) is 19.2. The molecule has 0 saturated heterocycles. The number of benzene rings is 4. The van der Waals surface area contributed by atoms with Crippen LogP contribution in [0, 0.1) is 0 Å². The van der Waals surface area contributed by atoms with Gasteiger partial charge in [0.15, 0.2) is 0 Å². The zero-order valence-electron chi connectivity index (χ0n) is 17.5. The Morgan fingerprint density at radius 3 is 0.939 bits per heavy atom. The Bertz CT molecular complexity index is 1360. The van der Waals surface area contributed by atoms with Crippen molar-refractivity contribution < 1.29 is 16.8 Å². The van der Waals surface area contributed by atoms with Crippen LogP contribution in [-0.2, 0) is 26.1 Å². The molecule has 6 nitrogen and oxygen atoms in total. The van der Waals surface area contributed by atoms with Crippen molar-refractivity contribution in [1.82, 2.24) is 0 Å². The van der Waals surface area contributed by atoms with Crippen LogP contribution in [-0.4, -0.2) is 16.8 Å². The molecule has 168 valence electrons. The molecule has 0 aliphatic heterocycles. The minimum absolute atomic E-state index is 0.183. The lowest BCUT2D eigenvalue weighted by Crippen LogP contribution is -2.03. The van der Waals surface area contributed by atoms with Gasteiger partial charge in [-0.25, -0.2) is 16.8 Å². The highest BCUT2D eigenvalue weighted by molar-refractivity contribution is 7.91. The molecule has 0 aromatic heterocycles. The summed E-state index contributed by atoms with van der Waals surface area (Å²) in [6, 6.07) is 25.4. The third kappa shape index (κ3) is 4.76. The highest BCUT2D eigenvalue weighted by atomic mass is 32.2. The number of nitrogen functional groups attached to an aromatic ring is 2.